The van der Waals surface area contributed by atoms with Crippen LogP contribution in [0.1, 0.15) is 32.8 Å². The summed E-state index contributed by atoms with van der Waals surface area (Å²) in [6.07, 6.45) is 9.95. The van der Waals surface area contributed by atoms with Crippen molar-refractivity contribution in [3.05, 3.63) is 97.1 Å². The summed E-state index contributed by atoms with van der Waals surface area (Å²) in [4.78, 5) is 56.4. The molecule has 0 aromatic carbocycles. The smallest absolute Gasteiger partial charge is 0.289 e. The molecule has 0 saturated heterocycles. The minimum Gasteiger partial charge on any atom is -0.289 e. The van der Waals surface area contributed by atoms with Crippen LogP contribution in [0, 0.1) is 0 Å². The number of hydrogen-bond acceptors (Lipinski definition) is 6. The molecule has 0 N–H and O–H groups in total. The Labute approximate surface area is 186 Å². The second-order valence-corrected chi connectivity index (χ2v) is 8.11. The van der Waals surface area contributed by atoms with Crippen molar-refractivity contribution in [3.63, 3.8) is 0 Å². The summed E-state index contributed by atoms with van der Waals surface area (Å²) in [7, 11) is 1.29. The Kier molecular flexibility index (Phi) is 5.51. The van der Waals surface area contributed by atoms with E-state index in [-0.39, 0.29) is 32.8 Å². The molecule has 0 spiro atoms. The Morgan fingerprint density at radius 3 is 2.62 bits per heavy atom. The molecule has 0 fully saturated rings. The minimum atomic E-state index is -0.705. The van der Waals surface area contributed by atoms with Gasteiger partial charge in [-0.1, -0.05) is 30.7 Å². The van der Waals surface area contributed by atoms with Crippen LogP contribution in [0.3, 0.4) is 0 Å². The quantitative estimate of drug-likeness (QED) is 0.638. The molecule has 32 heavy (non-hydrogen) atoms. The standard InChI is InChI=1S/C24H17N3O4S/c1-4-15-18-19(20-22(25-15)27(5-2)24(31)26(3)23(20)30)16(28)13-17(21(18)29)32-12-11-14-9-7-6-8-10-14/h4-7,9,13H,1-2,11-12H2,3H3. The fourth-order valence-corrected chi connectivity index (χ4v) is 4.52. The van der Waals surface area contributed by atoms with Gasteiger partial charge in [0.15, 0.2) is 11.4 Å². The summed E-state index contributed by atoms with van der Waals surface area (Å²) in [6.45, 7) is 7.29. The normalized spacial score (nSPS) is 14.4. The molecule has 2 aliphatic rings. The molecule has 0 aliphatic heterocycles. The lowest BCUT2D eigenvalue weighted by Crippen LogP contribution is -2.38. The molecule has 0 amide bonds. The van der Waals surface area contributed by atoms with Crippen molar-refractivity contribution in [2.75, 3.05) is 5.75 Å². The maximum Gasteiger partial charge on any atom is 0.336 e. The molecule has 2 aromatic rings. The van der Waals surface area contributed by atoms with Gasteiger partial charge in [0.05, 0.1) is 27.1 Å². The SMILES string of the molecule is C=Cc1nc2c(c3c1C(=O)C(SCCC1=C=C=CC=C1)=CC3=O)c(=O)n(C)c(=O)n2C=C. The first-order chi connectivity index (χ1) is 15.4. The first kappa shape index (κ1) is 21.3. The van der Waals surface area contributed by atoms with Crippen molar-refractivity contribution < 1.29 is 9.59 Å². The van der Waals surface area contributed by atoms with Crippen LogP contribution in [0.25, 0.3) is 23.3 Å². The van der Waals surface area contributed by atoms with Gasteiger partial charge in [0.25, 0.3) is 5.56 Å². The Hall–Kier alpha value is -3.96. The fraction of sp³-hybridized carbons (Fsp3) is 0.125. The Balaban J connectivity index is 1.86. The van der Waals surface area contributed by atoms with E-state index in [0.29, 0.717) is 12.2 Å². The molecule has 2 aromatic heterocycles. The lowest BCUT2D eigenvalue weighted by atomic mass is 9.91. The highest BCUT2D eigenvalue weighted by atomic mass is 32.2. The van der Waals surface area contributed by atoms with Crippen molar-refractivity contribution in [2.24, 2.45) is 7.05 Å². The summed E-state index contributed by atoms with van der Waals surface area (Å²) >= 11 is 1.25. The number of nitrogens with zero attached hydrogens (tertiary/aromatic N) is 3. The van der Waals surface area contributed by atoms with Gasteiger partial charge >= 0.3 is 5.69 Å². The molecular weight excluding hydrogens is 426 g/mol. The number of allylic oxidation sites excluding steroid dienone is 6. The van der Waals surface area contributed by atoms with Crippen molar-refractivity contribution >= 4 is 46.6 Å². The maximum atomic E-state index is 13.3. The molecule has 158 valence electrons. The number of carbonyl (C=O) groups is 2. The van der Waals surface area contributed by atoms with E-state index < -0.39 is 22.8 Å². The van der Waals surface area contributed by atoms with E-state index in [0.717, 1.165) is 14.7 Å². The number of aromatic nitrogens is 3. The van der Waals surface area contributed by atoms with E-state index in [4.69, 9.17) is 0 Å². The van der Waals surface area contributed by atoms with Gasteiger partial charge in [-0.25, -0.2) is 9.78 Å². The summed E-state index contributed by atoms with van der Waals surface area (Å²) in [5, 5.41) is -0.0966. The minimum absolute atomic E-state index is 0.0217. The summed E-state index contributed by atoms with van der Waals surface area (Å²) < 4.78 is 1.93. The van der Waals surface area contributed by atoms with Crippen LogP contribution in [0.2, 0.25) is 0 Å². The topological polar surface area (TPSA) is 91.0 Å². The van der Waals surface area contributed by atoms with E-state index in [1.54, 1.807) is 6.08 Å². The number of rotatable bonds is 6. The fourth-order valence-electron chi connectivity index (χ4n) is 3.56. The maximum absolute atomic E-state index is 13.3. The van der Waals surface area contributed by atoms with Gasteiger partial charge in [-0.2, -0.15) is 0 Å². The van der Waals surface area contributed by atoms with Crippen molar-refractivity contribution in [1.29, 1.82) is 0 Å². The first-order valence-corrected chi connectivity index (χ1v) is 10.6. The van der Waals surface area contributed by atoms with Crippen molar-refractivity contribution in [1.82, 2.24) is 14.1 Å². The van der Waals surface area contributed by atoms with Crippen molar-refractivity contribution in [3.8, 4) is 0 Å². The van der Waals surface area contributed by atoms with E-state index in [1.165, 1.54) is 37.2 Å². The zero-order valence-electron chi connectivity index (χ0n) is 17.2. The van der Waals surface area contributed by atoms with Crippen LogP contribution in [-0.4, -0.2) is 31.4 Å². The number of hydrogen-bond donors (Lipinski definition) is 0. The van der Waals surface area contributed by atoms with E-state index in [2.05, 4.69) is 29.6 Å². The first-order valence-electron chi connectivity index (χ1n) is 9.64. The third kappa shape index (κ3) is 3.33. The second-order valence-electron chi connectivity index (χ2n) is 6.97. The Bertz CT molecular complexity index is 1540. The van der Waals surface area contributed by atoms with Gasteiger partial charge in [0.2, 0.25) is 5.78 Å². The van der Waals surface area contributed by atoms with Crippen LogP contribution < -0.4 is 11.2 Å². The molecular formula is C24H17N3O4S. The van der Waals surface area contributed by atoms with Gasteiger partial charge in [0.1, 0.15) is 0 Å². The van der Waals surface area contributed by atoms with E-state index in [9.17, 15) is 19.2 Å². The predicted molar refractivity (Wildman–Crippen MR) is 126 cm³/mol. The molecule has 0 atom stereocenters. The number of fused-ring (bicyclic) bond motifs is 3. The second kappa shape index (κ2) is 8.29. The van der Waals surface area contributed by atoms with Gasteiger partial charge < -0.3 is 0 Å². The van der Waals surface area contributed by atoms with Crippen LogP contribution in [0.15, 0.2) is 69.0 Å². The molecule has 7 nitrogen and oxygen atoms in total. The average Bonchev–Trinajstić information content (AvgIpc) is 2.80. The lowest BCUT2D eigenvalue weighted by Gasteiger charge is -2.19. The summed E-state index contributed by atoms with van der Waals surface area (Å²) in [5.74, 6) is -0.351. The summed E-state index contributed by atoms with van der Waals surface area (Å²) in [5.41, 5.74) is 5.51. The molecule has 2 heterocycles. The number of ketones is 2. The number of Topliss-reactive ketones (excluding diaryl/α,β-unsaturated/α-hetero) is 1. The zero-order chi connectivity index (χ0) is 23.0. The zero-order valence-corrected chi connectivity index (χ0v) is 18.0. The number of carbonyl (C=O) groups excluding carboxylic acids is 2. The predicted octanol–water partition coefficient (Wildman–Crippen LogP) is 3.03. The van der Waals surface area contributed by atoms with Crippen LogP contribution in [-0.2, 0) is 7.05 Å². The van der Waals surface area contributed by atoms with E-state index >= 15 is 0 Å². The molecule has 0 bridgehead atoms. The van der Waals surface area contributed by atoms with E-state index in [1.807, 2.05) is 12.2 Å². The van der Waals surface area contributed by atoms with Gasteiger partial charge in [-0.3, -0.25) is 23.5 Å². The molecule has 0 unspecified atom stereocenters. The monoisotopic (exact) mass is 443 g/mol. The summed E-state index contributed by atoms with van der Waals surface area (Å²) in [6, 6.07) is 0. The van der Waals surface area contributed by atoms with Crippen LogP contribution in [0.4, 0.5) is 0 Å². The number of pyridine rings is 1. The molecule has 0 saturated carbocycles. The van der Waals surface area contributed by atoms with Crippen LogP contribution in [0.5, 0.6) is 0 Å². The third-order valence-electron chi connectivity index (χ3n) is 5.12. The highest BCUT2D eigenvalue weighted by Crippen LogP contribution is 2.33. The number of thioether (sulfide) groups is 1. The third-order valence-corrected chi connectivity index (χ3v) is 6.14. The van der Waals surface area contributed by atoms with Gasteiger partial charge in [-0.05, 0) is 24.6 Å². The largest absolute Gasteiger partial charge is 0.336 e. The van der Waals surface area contributed by atoms with Crippen LogP contribution >= 0.6 is 11.8 Å². The molecule has 4 rings (SSSR count). The Morgan fingerprint density at radius 1 is 1.19 bits per heavy atom. The Morgan fingerprint density at radius 2 is 1.97 bits per heavy atom. The van der Waals surface area contributed by atoms with Crippen molar-refractivity contribution in [2.45, 2.75) is 6.42 Å². The molecule has 2 aliphatic carbocycles. The highest BCUT2D eigenvalue weighted by molar-refractivity contribution is 8.04. The highest BCUT2D eigenvalue weighted by Gasteiger charge is 2.33. The molecule has 0 radical (unpaired) electrons. The average molecular weight is 443 g/mol. The molecule has 8 heteroatoms. The van der Waals surface area contributed by atoms with Gasteiger partial charge in [0, 0.05) is 30.6 Å². The van der Waals surface area contributed by atoms with Gasteiger partial charge in [-0.15, -0.1) is 11.8 Å². The lowest BCUT2D eigenvalue weighted by molar-refractivity contribution is 0.0992.